The van der Waals surface area contributed by atoms with Gasteiger partial charge in [-0.25, -0.2) is 8.78 Å². The molecule has 0 amide bonds. The first-order chi connectivity index (χ1) is 16.0. The van der Waals surface area contributed by atoms with Crippen LogP contribution in [0.3, 0.4) is 0 Å². The molecule has 1 N–H and O–H groups in total. The Morgan fingerprint density at radius 1 is 0.970 bits per heavy atom. The van der Waals surface area contributed by atoms with Crippen molar-refractivity contribution in [1.29, 1.82) is 0 Å². The molecule has 2 heterocycles. The van der Waals surface area contributed by atoms with E-state index in [4.69, 9.17) is 4.74 Å². The van der Waals surface area contributed by atoms with Gasteiger partial charge in [0.15, 0.2) is 11.9 Å². The van der Waals surface area contributed by atoms with Crippen molar-refractivity contribution < 1.29 is 23.1 Å². The molecule has 2 aromatic carbocycles. The molecule has 4 nitrogen and oxygen atoms in total. The van der Waals surface area contributed by atoms with Gasteiger partial charge in [0.2, 0.25) is 0 Å². The molecule has 1 aromatic heterocycles. The Labute approximate surface area is 195 Å². The molecule has 0 spiro atoms. The Bertz CT molecular complexity index is 1050. The maximum absolute atomic E-state index is 13.9. The second-order valence-electron chi connectivity index (χ2n) is 8.22. The first kappa shape index (κ1) is 23.3. The number of esters is 1. The van der Waals surface area contributed by atoms with E-state index in [2.05, 4.69) is 5.32 Å². The first-order valence-electron chi connectivity index (χ1n) is 11.0. The van der Waals surface area contributed by atoms with Gasteiger partial charge < -0.3 is 10.1 Å². The SMILES string of the molecule is O=C(CC(C(=O)c1cccs1)C1CCNCC1)OC(c1cccc(F)c1)c1cccc(F)c1. The van der Waals surface area contributed by atoms with Crippen molar-refractivity contribution in [2.45, 2.75) is 25.4 Å². The molecule has 7 heteroatoms. The topological polar surface area (TPSA) is 55.4 Å². The summed E-state index contributed by atoms with van der Waals surface area (Å²) < 4.78 is 33.6. The smallest absolute Gasteiger partial charge is 0.307 e. The Morgan fingerprint density at radius 3 is 2.15 bits per heavy atom. The van der Waals surface area contributed by atoms with Crippen LogP contribution in [0.2, 0.25) is 0 Å². The Kier molecular flexibility index (Phi) is 7.62. The maximum atomic E-state index is 13.9. The molecule has 0 saturated carbocycles. The highest BCUT2D eigenvalue weighted by atomic mass is 32.1. The Balaban J connectivity index is 1.58. The van der Waals surface area contributed by atoms with E-state index in [1.807, 2.05) is 11.4 Å². The predicted octanol–water partition coefficient (Wildman–Crippen LogP) is 5.55. The lowest BCUT2D eigenvalue weighted by Gasteiger charge is -2.29. The summed E-state index contributed by atoms with van der Waals surface area (Å²) >= 11 is 1.36. The lowest BCUT2D eigenvalue weighted by atomic mass is 9.80. The zero-order valence-electron chi connectivity index (χ0n) is 18.0. The molecule has 0 radical (unpaired) electrons. The number of ketones is 1. The van der Waals surface area contributed by atoms with Crippen LogP contribution in [-0.4, -0.2) is 24.8 Å². The van der Waals surface area contributed by atoms with Crippen molar-refractivity contribution in [2.75, 3.05) is 13.1 Å². The van der Waals surface area contributed by atoms with Crippen molar-refractivity contribution in [2.24, 2.45) is 11.8 Å². The van der Waals surface area contributed by atoms with Gasteiger partial charge in [-0.2, -0.15) is 0 Å². The van der Waals surface area contributed by atoms with E-state index < -0.39 is 29.6 Å². The number of benzene rings is 2. The quantitative estimate of drug-likeness (QED) is 0.347. The van der Waals surface area contributed by atoms with Crippen LogP contribution in [-0.2, 0) is 9.53 Å². The van der Waals surface area contributed by atoms with Gasteiger partial charge in [0.1, 0.15) is 11.6 Å². The minimum atomic E-state index is -0.977. The number of hydrogen-bond acceptors (Lipinski definition) is 5. The van der Waals surface area contributed by atoms with Gasteiger partial charge in [-0.05, 0) is 78.7 Å². The van der Waals surface area contributed by atoms with E-state index in [1.54, 1.807) is 18.2 Å². The molecule has 3 aromatic rings. The predicted molar refractivity (Wildman–Crippen MR) is 123 cm³/mol. The van der Waals surface area contributed by atoms with Crippen LogP contribution in [0.25, 0.3) is 0 Å². The fraction of sp³-hybridized carbons (Fsp3) is 0.308. The van der Waals surface area contributed by atoms with E-state index in [9.17, 15) is 18.4 Å². The number of carbonyl (C=O) groups excluding carboxylic acids is 2. The van der Waals surface area contributed by atoms with Crippen LogP contribution >= 0.6 is 11.3 Å². The Morgan fingerprint density at radius 2 is 1.61 bits per heavy atom. The average molecular weight is 470 g/mol. The highest BCUT2D eigenvalue weighted by Crippen LogP contribution is 2.32. The zero-order valence-corrected chi connectivity index (χ0v) is 18.8. The molecular weight excluding hydrogens is 444 g/mol. The number of rotatable bonds is 8. The molecule has 1 saturated heterocycles. The van der Waals surface area contributed by atoms with Crippen LogP contribution in [0.4, 0.5) is 8.78 Å². The number of nitrogens with one attached hydrogen (secondary N) is 1. The molecule has 1 fully saturated rings. The third-order valence-electron chi connectivity index (χ3n) is 5.99. The lowest BCUT2D eigenvalue weighted by Crippen LogP contribution is -2.36. The highest BCUT2D eigenvalue weighted by Gasteiger charge is 2.34. The fourth-order valence-corrected chi connectivity index (χ4v) is 5.08. The minimum absolute atomic E-state index is 0.0538. The van der Waals surface area contributed by atoms with Crippen LogP contribution in [0, 0.1) is 23.5 Å². The van der Waals surface area contributed by atoms with Crippen LogP contribution in [0.15, 0.2) is 66.0 Å². The number of Topliss-reactive ketones (excluding diaryl/α,β-unsaturated/α-hetero) is 1. The molecule has 1 unspecified atom stereocenters. The minimum Gasteiger partial charge on any atom is -0.453 e. The van der Waals surface area contributed by atoms with Gasteiger partial charge in [-0.3, -0.25) is 9.59 Å². The summed E-state index contributed by atoms with van der Waals surface area (Å²) in [6.45, 7) is 1.59. The van der Waals surface area contributed by atoms with E-state index in [0.29, 0.717) is 16.0 Å². The van der Waals surface area contributed by atoms with Gasteiger partial charge in [0.25, 0.3) is 0 Å². The van der Waals surface area contributed by atoms with Crippen molar-refractivity contribution in [3.63, 3.8) is 0 Å². The summed E-state index contributed by atoms with van der Waals surface area (Å²) in [6, 6.07) is 15.0. The second-order valence-corrected chi connectivity index (χ2v) is 9.17. The first-order valence-corrected chi connectivity index (χ1v) is 11.9. The zero-order chi connectivity index (χ0) is 23.2. The van der Waals surface area contributed by atoms with Gasteiger partial charge in [0.05, 0.1) is 11.3 Å². The largest absolute Gasteiger partial charge is 0.453 e. The molecular formula is C26H25F2NO3S. The summed E-state index contributed by atoms with van der Waals surface area (Å²) in [6.07, 6.45) is 0.538. The fourth-order valence-electron chi connectivity index (χ4n) is 4.35. The lowest BCUT2D eigenvalue weighted by molar-refractivity contribution is -0.148. The second kappa shape index (κ2) is 10.8. The molecule has 1 aliphatic heterocycles. The van der Waals surface area contributed by atoms with Crippen molar-refractivity contribution >= 4 is 23.1 Å². The van der Waals surface area contributed by atoms with Crippen molar-refractivity contribution in [3.8, 4) is 0 Å². The van der Waals surface area contributed by atoms with Gasteiger partial charge >= 0.3 is 5.97 Å². The third-order valence-corrected chi connectivity index (χ3v) is 6.88. The number of ether oxygens (including phenoxy) is 1. The van der Waals surface area contributed by atoms with E-state index in [1.165, 1.54) is 47.7 Å². The third kappa shape index (κ3) is 5.92. The molecule has 172 valence electrons. The van der Waals surface area contributed by atoms with E-state index >= 15 is 0 Å². The molecule has 4 rings (SSSR count). The number of thiophene rings is 1. The maximum Gasteiger partial charge on any atom is 0.307 e. The molecule has 1 atom stereocenters. The number of carbonyl (C=O) groups is 2. The summed E-state index contributed by atoms with van der Waals surface area (Å²) in [5, 5.41) is 5.13. The summed E-state index contributed by atoms with van der Waals surface area (Å²) in [7, 11) is 0. The summed E-state index contributed by atoms with van der Waals surface area (Å²) in [4.78, 5) is 27.0. The normalized spacial score (nSPS) is 15.4. The molecule has 0 bridgehead atoms. The standard InChI is InChI=1S/C26H25F2NO3S/c27-20-6-1-4-18(14-20)26(19-5-2-7-21(28)15-19)32-24(30)16-22(17-9-11-29-12-10-17)25(31)23-8-3-13-33-23/h1-8,13-15,17,22,26,29H,9-12,16H2. The number of hydrogen-bond donors (Lipinski definition) is 1. The molecule has 0 aliphatic carbocycles. The number of piperidine rings is 1. The van der Waals surface area contributed by atoms with E-state index in [0.717, 1.165) is 25.9 Å². The Hall–Kier alpha value is -2.90. The molecule has 1 aliphatic rings. The summed E-state index contributed by atoms with van der Waals surface area (Å²) in [5.74, 6) is -2.02. The van der Waals surface area contributed by atoms with Crippen molar-refractivity contribution in [1.82, 2.24) is 5.32 Å². The highest BCUT2D eigenvalue weighted by molar-refractivity contribution is 7.12. The van der Waals surface area contributed by atoms with Gasteiger partial charge in [-0.15, -0.1) is 11.3 Å². The van der Waals surface area contributed by atoms with Crippen LogP contribution < -0.4 is 5.32 Å². The van der Waals surface area contributed by atoms with Crippen molar-refractivity contribution in [3.05, 3.63) is 93.7 Å². The summed E-state index contributed by atoms with van der Waals surface area (Å²) in [5.41, 5.74) is 0.800. The molecule has 33 heavy (non-hydrogen) atoms. The van der Waals surface area contributed by atoms with Crippen LogP contribution in [0.1, 0.15) is 46.2 Å². The van der Waals surface area contributed by atoms with E-state index in [-0.39, 0.29) is 18.1 Å². The van der Waals surface area contributed by atoms with Gasteiger partial charge in [-0.1, -0.05) is 30.3 Å². The number of halogens is 2. The van der Waals surface area contributed by atoms with Crippen LogP contribution in [0.5, 0.6) is 0 Å². The average Bonchev–Trinajstić information content (AvgIpc) is 3.36. The monoisotopic (exact) mass is 469 g/mol. The van der Waals surface area contributed by atoms with Gasteiger partial charge in [0, 0.05) is 5.92 Å².